The van der Waals surface area contributed by atoms with Crippen molar-refractivity contribution in [3.8, 4) is 0 Å². The Labute approximate surface area is 162 Å². The van der Waals surface area contributed by atoms with Crippen molar-refractivity contribution >= 4 is 40.0 Å². The topological polar surface area (TPSA) is 65.2 Å². The van der Waals surface area contributed by atoms with E-state index < -0.39 is 6.04 Å². The van der Waals surface area contributed by atoms with Crippen LogP contribution in [0.2, 0.25) is 5.02 Å². The van der Waals surface area contributed by atoms with Gasteiger partial charge in [-0.15, -0.1) is 0 Å². The summed E-state index contributed by atoms with van der Waals surface area (Å²) in [5, 5.41) is 4.82. The molecule has 0 saturated carbocycles. The van der Waals surface area contributed by atoms with Crippen LogP contribution in [0.5, 0.6) is 0 Å². The number of halogens is 1. The highest BCUT2D eigenvalue weighted by Gasteiger charge is 2.39. The molecule has 2 amide bonds. The third-order valence-electron chi connectivity index (χ3n) is 4.95. The van der Waals surface area contributed by atoms with Gasteiger partial charge in [0.05, 0.1) is 23.2 Å². The smallest absolute Gasteiger partial charge is 0.251 e. The Hall–Kier alpha value is -2.63. The third-order valence-corrected chi connectivity index (χ3v) is 5.25. The second-order valence-electron chi connectivity index (χ2n) is 6.84. The molecule has 0 aliphatic carbocycles. The Bertz CT molecular complexity index is 1030. The molecule has 2 heterocycles. The summed E-state index contributed by atoms with van der Waals surface area (Å²) in [4.78, 5) is 29.6. The van der Waals surface area contributed by atoms with Gasteiger partial charge in [0.2, 0.25) is 5.91 Å². The number of aromatic nitrogens is 1. The number of para-hydroxylation sites is 1. The number of aryl methyl sites for hydroxylation is 1. The number of rotatable bonds is 5. The summed E-state index contributed by atoms with van der Waals surface area (Å²) in [5.41, 5.74) is 3.72. The minimum atomic E-state index is -0.514. The number of fused-ring (bicyclic) bond motifs is 1. The molecule has 0 radical (unpaired) electrons. The maximum absolute atomic E-state index is 12.7. The number of hydrogen-bond acceptors (Lipinski definition) is 3. The van der Waals surface area contributed by atoms with E-state index in [1.807, 2.05) is 37.4 Å². The molecule has 27 heavy (non-hydrogen) atoms. The average Bonchev–Trinajstić information content (AvgIpc) is 3.17. The van der Waals surface area contributed by atoms with Gasteiger partial charge in [-0.3, -0.25) is 9.59 Å². The van der Waals surface area contributed by atoms with E-state index in [4.69, 9.17) is 11.6 Å². The lowest BCUT2D eigenvalue weighted by atomic mass is 10.1. The van der Waals surface area contributed by atoms with Crippen molar-refractivity contribution in [3.05, 3.63) is 64.8 Å². The molecule has 0 unspecified atom stereocenters. The normalized spacial score (nSPS) is 17.3. The molecule has 1 aliphatic rings. The van der Waals surface area contributed by atoms with Gasteiger partial charge in [-0.25, -0.2) is 4.90 Å². The molecule has 0 bridgehead atoms. The number of carbonyl (C=O) groups excluding carboxylic acids is 2. The fraction of sp³-hybridized carbons (Fsp3) is 0.238. The van der Waals surface area contributed by atoms with E-state index >= 15 is 0 Å². The van der Waals surface area contributed by atoms with Crippen LogP contribution in [0.25, 0.3) is 10.9 Å². The Kier molecular flexibility index (Phi) is 4.72. The van der Waals surface area contributed by atoms with Crippen molar-refractivity contribution in [2.75, 3.05) is 11.4 Å². The van der Waals surface area contributed by atoms with E-state index in [2.05, 4.69) is 16.4 Å². The van der Waals surface area contributed by atoms with Crippen LogP contribution in [0, 0.1) is 6.92 Å². The zero-order valence-electron chi connectivity index (χ0n) is 15.0. The quantitative estimate of drug-likeness (QED) is 0.664. The monoisotopic (exact) mass is 381 g/mol. The minimum absolute atomic E-state index is 0.150. The van der Waals surface area contributed by atoms with E-state index in [0.717, 1.165) is 17.5 Å². The molecular weight excluding hydrogens is 362 g/mol. The second kappa shape index (κ2) is 7.18. The molecule has 1 fully saturated rings. The number of hydrogen-bond donors (Lipinski definition) is 2. The van der Waals surface area contributed by atoms with Crippen molar-refractivity contribution < 1.29 is 9.59 Å². The summed E-state index contributed by atoms with van der Waals surface area (Å²) >= 11 is 6.25. The largest absolute Gasteiger partial charge is 0.361 e. The molecule has 4 rings (SSSR count). The van der Waals surface area contributed by atoms with Crippen molar-refractivity contribution in [1.29, 1.82) is 0 Å². The van der Waals surface area contributed by atoms with Crippen molar-refractivity contribution in [2.45, 2.75) is 25.8 Å². The summed E-state index contributed by atoms with van der Waals surface area (Å²) in [6.45, 7) is 2.53. The summed E-state index contributed by atoms with van der Waals surface area (Å²) in [5.74, 6) is -0.472. The number of carbonyl (C=O) groups is 2. The lowest BCUT2D eigenvalue weighted by molar-refractivity contribution is -0.121. The van der Waals surface area contributed by atoms with Crippen LogP contribution in [0.4, 0.5) is 5.69 Å². The summed E-state index contributed by atoms with van der Waals surface area (Å²) in [6, 6.07) is 12.9. The number of imide groups is 1. The second-order valence-corrected chi connectivity index (χ2v) is 7.25. The van der Waals surface area contributed by atoms with Crippen LogP contribution < -0.4 is 10.2 Å². The summed E-state index contributed by atoms with van der Waals surface area (Å²) in [6.07, 6.45) is 2.91. The lowest BCUT2D eigenvalue weighted by Gasteiger charge is -2.17. The maximum atomic E-state index is 12.7. The van der Waals surface area contributed by atoms with Crippen LogP contribution >= 0.6 is 11.6 Å². The standard InChI is InChI=1S/C21H20ClN3O2/c1-13-6-7-19(16(22)10-13)25-20(26)11-18(21(25)27)23-9-8-14-12-24-17-5-3-2-4-15(14)17/h2-7,10,12,18,23-24H,8-9,11H2,1H3/t18-/m1/s1. The number of H-pyrrole nitrogens is 1. The highest BCUT2D eigenvalue weighted by Crippen LogP contribution is 2.31. The van der Waals surface area contributed by atoms with E-state index in [9.17, 15) is 9.59 Å². The molecule has 3 aromatic rings. The van der Waals surface area contributed by atoms with Gasteiger partial charge in [0.15, 0.2) is 0 Å². The number of amides is 2. The first kappa shape index (κ1) is 17.8. The Balaban J connectivity index is 1.43. The van der Waals surface area contributed by atoms with Crippen LogP contribution in [0.1, 0.15) is 17.5 Å². The molecule has 138 valence electrons. The fourth-order valence-electron chi connectivity index (χ4n) is 3.56. The van der Waals surface area contributed by atoms with E-state index in [-0.39, 0.29) is 18.2 Å². The highest BCUT2D eigenvalue weighted by molar-refractivity contribution is 6.36. The van der Waals surface area contributed by atoms with Crippen LogP contribution in [-0.2, 0) is 16.0 Å². The minimum Gasteiger partial charge on any atom is -0.361 e. The van der Waals surface area contributed by atoms with Gasteiger partial charge in [-0.1, -0.05) is 35.9 Å². The van der Waals surface area contributed by atoms with E-state index in [1.165, 1.54) is 15.8 Å². The molecule has 5 nitrogen and oxygen atoms in total. The van der Waals surface area contributed by atoms with Crippen molar-refractivity contribution in [3.63, 3.8) is 0 Å². The molecule has 6 heteroatoms. The number of anilines is 1. The van der Waals surface area contributed by atoms with E-state index in [1.54, 1.807) is 12.1 Å². The van der Waals surface area contributed by atoms with E-state index in [0.29, 0.717) is 17.3 Å². The number of nitrogens with one attached hydrogen (secondary N) is 2. The van der Waals surface area contributed by atoms with Crippen LogP contribution in [-0.4, -0.2) is 29.4 Å². The molecule has 2 aromatic carbocycles. The number of benzene rings is 2. The van der Waals surface area contributed by atoms with Gasteiger partial charge in [0.25, 0.3) is 5.91 Å². The van der Waals surface area contributed by atoms with Gasteiger partial charge in [-0.05, 0) is 42.7 Å². The highest BCUT2D eigenvalue weighted by atomic mass is 35.5. The van der Waals surface area contributed by atoms with Gasteiger partial charge >= 0.3 is 0 Å². The van der Waals surface area contributed by atoms with Crippen LogP contribution in [0.3, 0.4) is 0 Å². The molecule has 1 aliphatic heterocycles. The SMILES string of the molecule is Cc1ccc(N2C(=O)C[C@@H](NCCc3c[nH]c4ccccc34)C2=O)c(Cl)c1. The van der Waals surface area contributed by atoms with Crippen molar-refractivity contribution in [1.82, 2.24) is 10.3 Å². The first-order chi connectivity index (χ1) is 13.0. The predicted molar refractivity (Wildman–Crippen MR) is 107 cm³/mol. The zero-order valence-corrected chi connectivity index (χ0v) is 15.7. The summed E-state index contributed by atoms with van der Waals surface area (Å²) in [7, 11) is 0. The average molecular weight is 382 g/mol. The third kappa shape index (κ3) is 3.36. The van der Waals surface area contributed by atoms with Gasteiger partial charge in [0.1, 0.15) is 0 Å². The number of aromatic amines is 1. The van der Waals surface area contributed by atoms with Gasteiger partial charge < -0.3 is 10.3 Å². The molecule has 1 atom stereocenters. The summed E-state index contributed by atoms with van der Waals surface area (Å²) < 4.78 is 0. The predicted octanol–water partition coefficient (Wildman–Crippen LogP) is 3.59. The van der Waals surface area contributed by atoms with Crippen LogP contribution in [0.15, 0.2) is 48.7 Å². The first-order valence-electron chi connectivity index (χ1n) is 8.96. The Morgan fingerprint density at radius 1 is 1.22 bits per heavy atom. The van der Waals surface area contributed by atoms with Gasteiger partial charge in [0, 0.05) is 23.6 Å². The Morgan fingerprint density at radius 3 is 2.85 bits per heavy atom. The lowest BCUT2D eigenvalue weighted by Crippen LogP contribution is -2.39. The van der Waals surface area contributed by atoms with Gasteiger partial charge in [-0.2, -0.15) is 0 Å². The molecular formula is C21H20ClN3O2. The number of nitrogens with zero attached hydrogens (tertiary/aromatic N) is 1. The Morgan fingerprint density at radius 2 is 2.04 bits per heavy atom. The fourth-order valence-corrected chi connectivity index (χ4v) is 3.88. The maximum Gasteiger partial charge on any atom is 0.251 e. The molecule has 1 saturated heterocycles. The van der Waals surface area contributed by atoms with Crippen molar-refractivity contribution in [2.24, 2.45) is 0 Å². The molecule has 1 aromatic heterocycles. The molecule has 0 spiro atoms. The first-order valence-corrected chi connectivity index (χ1v) is 9.34. The molecule has 2 N–H and O–H groups in total. The zero-order chi connectivity index (χ0) is 19.0.